The van der Waals surface area contributed by atoms with Gasteiger partial charge in [0, 0.05) is 12.7 Å². The minimum atomic E-state index is -1.17. The molecule has 0 saturated carbocycles. The summed E-state index contributed by atoms with van der Waals surface area (Å²) in [7, 11) is 0. The summed E-state index contributed by atoms with van der Waals surface area (Å²) in [5.41, 5.74) is 5.50. The van der Waals surface area contributed by atoms with Crippen molar-refractivity contribution in [2.24, 2.45) is 5.73 Å². The Kier molecular flexibility index (Phi) is 7.96. The van der Waals surface area contributed by atoms with Crippen LogP contribution in [0.5, 0.6) is 0 Å². The molecule has 0 aliphatic rings. The number of nitrogens with zero attached hydrogens (tertiary/aromatic N) is 1. The van der Waals surface area contributed by atoms with Gasteiger partial charge in [-0.3, -0.25) is 15.0 Å². The maximum absolute atomic E-state index is 12.6. The lowest BCUT2D eigenvalue weighted by Crippen LogP contribution is -2.43. The Balaban J connectivity index is 2.02. The summed E-state index contributed by atoms with van der Waals surface area (Å²) < 4.78 is 1.41. The van der Waals surface area contributed by atoms with E-state index >= 15 is 0 Å². The van der Waals surface area contributed by atoms with Crippen LogP contribution in [0.2, 0.25) is 0 Å². The Bertz CT molecular complexity index is 911. The van der Waals surface area contributed by atoms with Gasteiger partial charge in [0.15, 0.2) is 5.96 Å². The highest BCUT2D eigenvalue weighted by Crippen LogP contribution is 2.04. The lowest BCUT2D eigenvalue weighted by molar-refractivity contribution is -0.139. The van der Waals surface area contributed by atoms with E-state index in [2.05, 4.69) is 10.6 Å². The molecular weight excluding hydrogens is 374 g/mol. The average molecular weight is 399 g/mol. The Labute approximate surface area is 168 Å². The summed E-state index contributed by atoms with van der Waals surface area (Å²) in [4.78, 5) is 36.6. The van der Waals surface area contributed by atoms with E-state index in [9.17, 15) is 19.5 Å². The second kappa shape index (κ2) is 10.6. The Morgan fingerprint density at radius 3 is 2.52 bits per heavy atom. The van der Waals surface area contributed by atoms with Gasteiger partial charge in [0.05, 0.1) is 6.54 Å². The minimum Gasteiger partial charge on any atom is -0.480 e. The highest BCUT2D eigenvalue weighted by molar-refractivity contribution is 5.96. The van der Waals surface area contributed by atoms with Crippen LogP contribution in [0.1, 0.15) is 35.2 Å². The Hall–Kier alpha value is -3.62. The predicted molar refractivity (Wildman–Crippen MR) is 109 cm³/mol. The topological polar surface area (TPSA) is 150 Å². The third-order valence-electron chi connectivity index (χ3n) is 4.30. The number of pyridine rings is 1. The van der Waals surface area contributed by atoms with E-state index in [4.69, 9.17) is 11.1 Å². The normalized spacial score (nSPS) is 11.4. The quantitative estimate of drug-likeness (QED) is 0.226. The average Bonchev–Trinajstić information content (AvgIpc) is 2.68. The zero-order valence-electron chi connectivity index (χ0n) is 15.9. The molecule has 0 radical (unpaired) electrons. The molecule has 9 nitrogen and oxygen atoms in total. The molecule has 29 heavy (non-hydrogen) atoms. The number of carbonyl (C=O) groups is 2. The number of carbonyl (C=O) groups excluding carboxylic acids is 1. The standard InChI is InChI=1S/C20H25N5O4/c21-20(22)23-11-5-4-10-16(19(28)29)24-17(26)15-9-6-12-25(18(15)27)13-14-7-2-1-3-8-14/h1-3,6-9,12,16H,4-5,10-11,13H2,(H,24,26)(H,28,29)(H4,21,22,23)/t16-/m0/s1. The fourth-order valence-corrected chi connectivity index (χ4v) is 2.80. The molecule has 0 aliphatic heterocycles. The highest BCUT2D eigenvalue weighted by Gasteiger charge is 2.22. The molecule has 0 saturated heterocycles. The third kappa shape index (κ3) is 6.80. The maximum atomic E-state index is 12.6. The molecule has 0 spiro atoms. The molecule has 6 N–H and O–H groups in total. The van der Waals surface area contributed by atoms with Gasteiger partial charge in [0.1, 0.15) is 11.6 Å². The second-order valence-electron chi connectivity index (χ2n) is 6.54. The molecule has 2 aromatic rings. The van der Waals surface area contributed by atoms with Gasteiger partial charge < -0.3 is 26.0 Å². The van der Waals surface area contributed by atoms with Crippen molar-refractivity contribution < 1.29 is 14.7 Å². The molecule has 0 aliphatic carbocycles. The second-order valence-corrected chi connectivity index (χ2v) is 6.54. The minimum absolute atomic E-state index is 0.104. The van der Waals surface area contributed by atoms with Crippen LogP contribution in [0.4, 0.5) is 0 Å². The zero-order valence-corrected chi connectivity index (χ0v) is 15.9. The molecule has 0 bridgehead atoms. The number of benzene rings is 1. The zero-order chi connectivity index (χ0) is 21.2. The number of aliphatic carboxylic acids is 1. The molecular formula is C20H25N5O4. The molecule has 1 amide bonds. The van der Waals surface area contributed by atoms with Gasteiger partial charge in [-0.2, -0.15) is 0 Å². The Morgan fingerprint density at radius 1 is 1.14 bits per heavy atom. The summed E-state index contributed by atoms with van der Waals surface area (Å²) in [5, 5.41) is 21.5. The smallest absolute Gasteiger partial charge is 0.326 e. The van der Waals surface area contributed by atoms with Crippen LogP contribution in [0.15, 0.2) is 53.5 Å². The summed E-state index contributed by atoms with van der Waals surface area (Å²) in [5.74, 6) is -2.03. The fourth-order valence-electron chi connectivity index (χ4n) is 2.80. The maximum Gasteiger partial charge on any atom is 0.326 e. The number of amides is 1. The van der Waals surface area contributed by atoms with Gasteiger partial charge in [-0.15, -0.1) is 0 Å². The number of carboxylic acids is 1. The first-order chi connectivity index (χ1) is 13.9. The van der Waals surface area contributed by atoms with Crippen LogP contribution in [-0.4, -0.2) is 40.1 Å². The van der Waals surface area contributed by atoms with Crippen LogP contribution >= 0.6 is 0 Å². The van der Waals surface area contributed by atoms with E-state index < -0.39 is 23.5 Å². The van der Waals surface area contributed by atoms with E-state index in [1.54, 1.807) is 12.3 Å². The fraction of sp³-hybridized carbons (Fsp3) is 0.300. The SMILES string of the molecule is N=C(N)NCCCC[C@H](NC(=O)c1cccn(Cc2ccccc2)c1=O)C(=O)O. The highest BCUT2D eigenvalue weighted by atomic mass is 16.4. The van der Waals surface area contributed by atoms with Crippen LogP contribution < -0.4 is 21.9 Å². The van der Waals surface area contributed by atoms with Crippen molar-refractivity contribution in [2.45, 2.75) is 31.8 Å². The molecule has 1 aromatic carbocycles. The summed E-state index contributed by atoms with van der Waals surface area (Å²) >= 11 is 0. The number of hydrogen-bond donors (Lipinski definition) is 5. The molecule has 2 rings (SSSR count). The molecule has 0 fully saturated rings. The molecule has 1 aromatic heterocycles. The predicted octanol–water partition coefficient (Wildman–Crippen LogP) is 0.733. The monoisotopic (exact) mass is 399 g/mol. The van der Waals surface area contributed by atoms with Crippen molar-refractivity contribution in [3.8, 4) is 0 Å². The first kappa shape index (κ1) is 21.7. The number of rotatable bonds is 10. The van der Waals surface area contributed by atoms with Gasteiger partial charge in [-0.05, 0) is 37.0 Å². The van der Waals surface area contributed by atoms with E-state index in [-0.39, 0.29) is 17.9 Å². The van der Waals surface area contributed by atoms with Crippen molar-refractivity contribution in [3.63, 3.8) is 0 Å². The largest absolute Gasteiger partial charge is 0.480 e. The van der Waals surface area contributed by atoms with E-state index in [0.717, 1.165) is 5.56 Å². The number of nitrogens with two attached hydrogens (primary N) is 1. The molecule has 154 valence electrons. The van der Waals surface area contributed by atoms with Crippen molar-refractivity contribution in [1.29, 1.82) is 5.41 Å². The molecule has 1 atom stereocenters. The number of aromatic nitrogens is 1. The third-order valence-corrected chi connectivity index (χ3v) is 4.30. The number of nitrogens with one attached hydrogen (secondary N) is 3. The number of carboxylic acid groups (broad SMARTS) is 1. The van der Waals surface area contributed by atoms with Crippen molar-refractivity contribution >= 4 is 17.8 Å². The van der Waals surface area contributed by atoms with Gasteiger partial charge in [0.25, 0.3) is 11.5 Å². The van der Waals surface area contributed by atoms with E-state index in [1.807, 2.05) is 30.3 Å². The van der Waals surface area contributed by atoms with Gasteiger partial charge in [0.2, 0.25) is 0 Å². The lowest BCUT2D eigenvalue weighted by Gasteiger charge is -2.15. The van der Waals surface area contributed by atoms with E-state index in [0.29, 0.717) is 25.9 Å². The first-order valence-corrected chi connectivity index (χ1v) is 9.23. The Morgan fingerprint density at radius 2 is 1.86 bits per heavy atom. The van der Waals surface area contributed by atoms with Crippen LogP contribution in [0.25, 0.3) is 0 Å². The van der Waals surface area contributed by atoms with Crippen LogP contribution in [0, 0.1) is 5.41 Å². The van der Waals surface area contributed by atoms with Gasteiger partial charge >= 0.3 is 5.97 Å². The number of guanidine groups is 1. The van der Waals surface area contributed by atoms with E-state index in [1.165, 1.54) is 10.6 Å². The van der Waals surface area contributed by atoms with Crippen molar-refractivity contribution in [1.82, 2.24) is 15.2 Å². The summed E-state index contributed by atoms with van der Waals surface area (Å²) in [6, 6.07) is 11.2. The summed E-state index contributed by atoms with van der Waals surface area (Å²) in [6.45, 7) is 0.755. The number of unbranched alkanes of at least 4 members (excludes halogenated alkanes) is 1. The van der Waals surface area contributed by atoms with Crippen LogP contribution in [-0.2, 0) is 11.3 Å². The lowest BCUT2D eigenvalue weighted by atomic mass is 10.1. The van der Waals surface area contributed by atoms with Gasteiger partial charge in [-0.25, -0.2) is 4.79 Å². The first-order valence-electron chi connectivity index (χ1n) is 9.23. The summed E-state index contributed by atoms with van der Waals surface area (Å²) in [6.07, 6.45) is 2.88. The van der Waals surface area contributed by atoms with Crippen molar-refractivity contribution in [2.75, 3.05) is 6.54 Å². The molecule has 1 heterocycles. The van der Waals surface area contributed by atoms with Gasteiger partial charge in [-0.1, -0.05) is 30.3 Å². The number of hydrogen-bond acceptors (Lipinski definition) is 4. The van der Waals surface area contributed by atoms with Crippen LogP contribution in [0.3, 0.4) is 0 Å². The van der Waals surface area contributed by atoms with Crippen molar-refractivity contribution in [3.05, 3.63) is 70.1 Å². The molecule has 0 unspecified atom stereocenters. The molecule has 9 heteroatoms.